The Morgan fingerprint density at radius 1 is 0.927 bits per heavy atom. The van der Waals surface area contributed by atoms with Gasteiger partial charge in [0.05, 0.1) is 17.1 Å². The van der Waals surface area contributed by atoms with Gasteiger partial charge in [0.25, 0.3) is 5.91 Å². The number of hydrogen-bond donors (Lipinski definition) is 1. The van der Waals surface area contributed by atoms with E-state index in [-0.39, 0.29) is 5.91 Å². The monoisotopic (exact) mass is 613 g/mol. The van der Waals surface area contributed by atoms with Crippen LogP contribution in [0.1, 0.15) is 47.0 Å². The van der Waals surface area contributed by atoms with Crippen molar-refractivity contribution in [3.05, 3.63) is 112 Å². The van der Waals surface area contributed by atoms with Gasteiger partial charge in [-0.3, -0.25) is 4.79 Å². The van der Waals surface area contributed by atoms with Crippen LogP contribution in [-0.4, -0.2) is 25.1 Å². The molecule has 4 aromatic carbocycles. The number of hydrogen-bond acceptors (Lipinski definition) is 5. The molecule has 0 aliphatic carbocycles. The van der Waals surface area contributed by atoms with Gasteiger partial charge < -0.3 is 19.2 Å². The summed E-state index contributed by atoms with van der Waals surface area (Å²) >= 11 is 3.67. The highest BCUT2D eigenvalue weighted by Gasteiger charge is 2.24. The minimum Gasteiger partial charge on any atom is -0.477 e. The number of benzene rings is 4. The van der Waals surface area contributed by atoms with Crippen LogP contribution in [0, 0.1) is 0 Å². The van der Waals surface area contributed by atoms with Crippen molar-refractivity contribution in [3.63, 3.8) is 0 Å². The first-order valence-electron chi connectivity index (χ1n) is 13.8. The zero-order valence-electron chi connectivity index (χ0n) is 23.1. The van der Waals surface area contributed by atoms with E-state index < -0.39 is 12.1 Å². The second-order valence-corrected chi connectivity index (χ2v) is 10.7. The average molecular weight is 615 g/mol. The summed E-state index contributed by atoms with van der Waals surface area (Å²) in [4.78, 5) is 25.8. The number of aryl methyl sites for hydroxylation is 1. The van der Waals surface area contributed by atoms with Crippen molar-refractivity contribution < 1.29 is 23.5 Å². The van der Waals surface area contributed by atoms with Crippen molar-refractivity contribution in [2.24, 2.45) is 0 Å². The predicted octanol–water partition coefficient (Wildman–Crippen LogP) is 7.78. The third-order valence-electron chi connectivity index (χ3n) is 7.09. The van der Waals surface area contributed by atoms with Crippen LogP contribution in [0.5, 0.6) is 5.75 Å². The van der Waals surface area contributed by atoms with Gasteiger partial charge in [-0.2, -0.15) is 0 Å². The summed E-state index contributed by atoms with van der Waals surface area (Å²) in [5.41, 5.74) is 3.30. The highest BCUT2D eigenvalue weighted by atomic mass is 79.9. The van der Waals surface area contributed by atoms with E-state index in [1.165, 1.54) is 7.11 Å². The average Bonchev–Trinajstić information content (AvgIpc) is 3.38. The number of halogens is 1. The zero-order valence-corrected chi connectivity index (χ0v) is 24.7. The number of nitrogens with one attached hydrogen (secondary N) is 1. The lowest BCUT2D eigenvalue weighted by molar-refractivity contribution is -0.148. The van der Waals surface area contributed by atoms with Gasteiger partial charge >= 0.3 is 5.97 Å². The van der Waals surface area contributed by atoms with E-state index in [1.54, 1.807) is 0 Å². The maximum Gasteiger partial charge on any atom is 0.347 e. The highest BCUT2D eigenvalue weighted by molar-refractivity contribution is 9.10. The SMILES string of the molecule is CCCCc1oc2ccccc2c1C(=O)NCc1ccc2c(Br)c(OC(Cc3ccccc3)C(=O)OC)ccc2c1. The molecule has 0 aliphatic heterocycles. The molecule has 0 radical (unpaired) electrons. The van der Waals surface area contributed by atoms with E-state index in [4.69, 9.17) is 13.9 Å². The summed E-state index contributed by atoms with van der Waals surface area (Å²) in [6, 6.07) is 27.2. The quantitative estimate of drug-likeness (QED) is 0.154. The smallest absolute Gasteiger partial charge is 0.347 e. The van der Waals surface area contributed by atoms with Crippen molar-refractivity contribution in [1.29, 1.82) is 0 Å². The van der Waals surface area contributed by atoms with Crippen molar-refractivity contribution >= 4 is 49.5 Å². The molecule has 41 heavy (non-hydrogen) atoms. The van der Waals surface area contributed by atoms with Crippen LogP contribution < -0.4 is 10.1 Å². The molecule has 5 aromatic rings. The van der Waals surface area contributed by atoms with Crippen LogP contribution in [0.3, 0.4) is 0 Å². The lowest BCUT2D eigenvalue weighted by Gasteiger charge is -2.19. The Morgan fingerprint density at radius 3 is 2.49 bits per heavy atom. The van der Waals surface area contributed by atoms with Crippen LogP contribution >= 0.6 is 15.9 Å². The van der Waals surface area contributed by atoms with E-state index >= 15 is 0 Å². The minimum absolute atomic E-state index is 0.140. The Kier molecular flexibility index (Phi) is 9.04. The number of carbonyl (C=O) groups excluding carboxylic acids is 2. The molecule has 1 atom stereocenters. The topological polar surface area (TPSA) is 77.8 Å². The first-order valence-corrected chi connectivity index (χ1v) is 14.6. The number of rotatable bonds is 11. The molecule has 1 amide bonds. The van der Waals surface area contributed by atoms with Gasteiger partial charge in [0.15, 0.2) is 6.10 Å². The van der Waals surface area contributed by atoms with E-state index in [0.29, 0.717) is 24.3 Å². The number of amides is 1. The Hall–Kier alpha value is -4.10. The molecule has 7 heteroatoms. The van der Waals surface area contributed by atoms with Crippen molar-refractivity contribution in [2.75, 3.05) is 7.11 Å². The third kappa shape index (κ3) is 6.46. The Balaban J connectivity index is 1.32. The Bertz CT molecular complexity index is 1680. The van der Waals surface area contributed by atoms with E-state index in [9.17, 15) is 9.59 Å². The summed E-state index contributed by atoms with van der Waals surface area (Å²) < 4.78 is 17.9. The van der Waals surface area contributed by atoms with Crippen LogP contribution in [0.25, 0.3) is 21.7 Å². The van der Waals surface area contributed by atoms with Crippen LogP contribution in [0.2, 0.25) is 0 Å². The number of carbonyl (C=O) groups is 2. The third-order valence-corrected chi connectivity index (χ3v) is 7.90. The fraction of sp³-hybridized carbons (Fsp3) is 0.235. The molecule has 0 saturated carbocycles. The van der Waals surface area contributed by atoms with E-state index in [1.807, 2.05) is 84.9 Å². The fourth-order valence-electron chi connectivity index (χ4n) is 4.94. The van der Waals surface area contributed by atoms with Gasteiger partial charge in [-0.25, -0.2) is 4.79 Å². The Labute approximate surface area is 247 Å². The molecule has 1 heterocycles. The number of methoxy groups -OCH3 is 1. The van der Waals surface area contributed by atoms with Crippen LogP contribution in [0.4, 0.5) is 0 Å². The molecule has 5 rings (SSSR count). The molecular weight excluding hydrogens is 582 g/mol. The largest absolute Gasteiger partial charge is 0.477 e. The Morgan fingerprint density at radius 2 is 1.71 bits per heavy atom. The lowest BCUT2D eigenvalue weighted by Crippen LogP contribution is -2.31. The molecule has 1 N–H and O–H groups in total. The molecule has 0 aliphatic rings. The normalized spacial score (nSPS) is 11.9. The van der Waals surface area contributed by atoms with E-state index in [0.717, 1.165) is 62.4 Å². The molecule has 0 spiro atoms. The van der Waals surface area contributed by atoms with Gasteiger partial charge in [-0.15, -0.1) is 0 Å². The highest BCUT2D eigenvalue weighted by Crippen LogP contribution is 2.35. The molecule has 1 aromatic heterocycles. The molecular formula is C34H32BrNO5. The van der Waals surface area contributed by atoms with Gasteiger partial charge in [0, 0.05) is 24.8 Å². The molecule has 0 bridgehead atoms. The van der Waals surface area contributed by atoms with Crippen molar-refractivity contribution in [3.8, 4) is 5.75 Å². The lowest BCUT2D eigenvalue weighted by atomic mass is 10.0. The maximum atomic E-state index is 13.3. The van der Waals surface area contributed by atoms with Crippen LogP contribution in [-0.2, 0) is 28.9 Å². The number of fused-ring (bicyclic) bond motifs is 2. The first-order chi connectivity index (χ1) is 20.0. The summed E-state index contributed by atoms with van der Waals surface area (Å²) in [5.74, 6) is 0.711. The van der Waals surface area contributed by atoms with E-state index in [2.05, 4.69) is 28.2 Å². The summed E-state index contributed by atoms with van der Waals surface area (Å²) in [6.07, 6.45) is 2.31. The maximum absolute atomic E-state index is 13.3. The molecule has 1 unspecified atom stereocenters. The van der Waals surface area contributed by atoms with Crippen LogP contribution in [0.15, 0.2) is 93.8 Å². The number of esters is 1. The molecule has 6 nitrogen and oxygen atoms in total. The van der Waals surface area contributed by atoms with Gasteiger partial charge in [0.1, 0.15) is 17.1 Å². The summed E-state index contributed by atoms with van der Waals surface area (Å²) in [5, 5.41) is 5.83. The van der Waals surface area contributed by atoms with Gasteiger partial charge in [-0.1, -0.05) is 80.1 Å². The number of unbranched alkanes of at least 4 members (excludes halogenated alkanes) is 1. The number of para-hydroxylation sites is 1. The molecule has 210 valence electrons. The van der Waals surface area contributed by atoms with Crippen molar-refractivity contribution in [2.45, 2.75) is 45.3 Å². The first kappa shape index (κ1) is 28.4. The summed E-state index contributed by atoms with van der Waals surface area (Å²) in [6.45, 7) is 2.50. The fourth-order valence-corrected chi connectivity index (χ4v) is 5.52. The molecule has 0 saturated heterocycles. The number of ether oxygens (including phenoxy) is 2. The van der Waals surface area contributed by atoms with Crippen molar-refractivity contribution in [1.82, 2.24) is 5.32 Å². The van der Waals surface area contributed by atoms with Gasteiger partial charge in [0.2, 0.25) is 0 Å². The minimum atomic E-state index is -0.785. The molecule has 0 fully saturated rings. The standard InChI is InChI=1S/C34H32BrNO5/c1-3-4-13-28-31(26-12-8-9-14-27(26)40-28)33(37)36-21-23-15-17-25-24(19-23)16-18-29(32(25)35)41-30(34(38)39-2)20-22-10-6-5-7-11-22/h5-12,14-19,30H,3-4,13,20-21H2,1-2H3,(H,36,37). The zero-order chi connectivity index (χ0) is 28.8. The second-order valence-electron chi connectivity index (χ2n) is 9.94. The number of furan rings is 1. The second kappa shape index (κ2) is 13.0. The predicted molar refractivity (Wildman–Crippen MR) is 164 cm³/mol. The summed E-state index contributed by atoms with van der Waals surface area (Å²) in [7, 11) is 1.36. The van der Waals surface area contributed by atoms with Gasteiger partial charge in [-0.05, 0) is 62.4 Å².